The fraction of sp³-hybridized carbons (Fsp3) is 0. The van der Waals surface area contributed by atoms with Gasteiger partial charge in [0.25, 0.3) is 17.3 Å². The number of aromatic nitrogens is 1. The highest BCUT2D eigenvalue weighted by Crippen LogP contribution is 2.35. The van der Waals surface area contributed by atoms with E-state index in [1.54, 1.807) is 0 Å². The molecule has 0 spiro atoms. The Morgan fingerprint density at radius 2 is 1.70 bits per heavy atom. The molecule has 11 heteroatoms. The lowest BCUT2D eigenvalue weighted by molar-refractivity contribution is -0.393. The van der Waals surface area contributed by atoms with Crippen LogP contribution in [-0.2, 0) is 0 Å². The number of hydrogen-bond acceptors (Lipinski definition) is 6. The van der Waals surface area contributed by atoms with Crippen LogP contribution in [0.5, 0.6) is 0 Å². The molecule has 0 aliphatic heterocycles. The minimum absolute atomic E-state index is 0.00110. The van der Waals surface area contributed by atoms with E-state index in [-0.39, 0.29) is 16.4 Å². The SMILES string of the molecule is O=C(Nc1cccnc1Cl)c1cc([N+](=O)[O-])c(Cl)c([N+](=O)[O-])c1. The highest BCUT2D eigenvalue weighted by Gasteiger charge is 2.27. The summed E-state index contributed by atoms with van der Waals surface area (Å²) in [7, 11) is 0. The number of nitro benzene ring substituents is 2. The number of nitro groups is 2. The first-order chi connectivity index (χ1) is 10.8. The van der Waals surface area contributed by atoms with Crippen LogP contribution in [0.25, 0.3) is 0 Å². The number of benzene rings is 1. The summed E-state index contributed by atoms with van der Waals surface area (Å²) in [5.41, 5.74) is -1.65. The van der Waals surface area contributed by atoms with E-state index in [1.165, 1.54) is 18.3 Å². The summed E-state index contributed by atoms with van der Waals surface area (Å²) in [6.45, 7) is 0. The van der Waals surface area contributed by atoms with Gasteiger partial charge in [0.2, 0.25) is 0 Å². The zero-order valence-electron chi connectivity index (χ0n) is 11.0. The van der Waals surface area contributed by atoms with Gasteiger partial charge in [0, 0.05) is 18.3 Å². The second-order valence-corrected chi connectivity index (χ2v) is 4.87. The number of rotatable bonds is 4. The van der Waals surface area contributed by atoms with Gasteiger partial charge in [0.15, 0.2) is 10.2 Å². The summed E-state index contributed by atoms with van der Waals surface area (Å²) in [6.07, 6.45) is 1.40. The van der Waals surface area contributed by atoms with Crippen LogP contribution in [0.2, 0.25) is 10.2 Å². The van der Waals surface area contributed by atoms with Gasteiger partial charge in [-0.25, -0.2) is 4.98 Å². The third kappa shape index (κ3) is 3.52. The molecule has 0 saturated heterocycles. The molecule has 0 bridgehead atoms. The van der Waals surface area contributed by atoms with Gasteiger partial charge in [0.1, 0.15) is 0 Å². The second-order valence-electron chi connectivity index (χ2n) is 4.14. The first kappa shape index (κ1) is 16.6. The Hall–Kier alpha value is -2.78. The number of nitrogens with zero attached hydrogens (tertiary/aromatic N) is 3. The van der Waals surface area contributed by atoms with E-state index >= 15 is 0 Å². The fourth-order valence-electron chi connectivity index (χ4n) is 1.66. The summed E-state index contributed by atoms with van der Waals surface area (Å²) in [5.74, 6) is -0.831. The van der Waals surface area contributed by atoms with E-state index in [1.807, 2.05) is 0 Å². The standard InChI is InChI=1S/C12H6Cl2N4O5/c13-10-8(17(20)21)4-6(5-9(10)18(22)23)12(19)16-7-2-1-3-15-11(7)14/h1-5H,(H,16,19). The lowest BCUT2D eigenvalue weighted by atomic mass is 10.1. The second kappa shape index (κ2) is 6.55. The monoisotopic (exact) mass is 356 g/mol. The van der Waals surface area contributed by atoms with Gasteiger partial charge < -0.3 is 5.32 Å². The molecule has 0 aliphatic carbocycles. The van der Waals surface area contributed by atoms with Crippen molar-refractivity contribution in [3.8, 4) is 0 Å². The highest BCUT2D eigenvalue weighted by molar-refractivity contribution is 6.35. The molecule has 118 valence electrons. The molecule has 1 aromatic heterocycles. The Labute approximate surface area is 138 Å². The molecule has 0 atom stereocenters. The largest absolute Gasteiger partial charge is 0.319 e. The van der Waals surface area contributed by atoms with E-state index < -0.39 is 32.2 Å². The number of hydrogen-bond donors (Lipinski definition) is 1. The van der Waals surface area contributed by atoms with Gasteiger partial charge in [-0.2, -0.15) is 0 Å². The average molecular weight is 357 g/mol. The van der Waals surface area contributed by atoms with Crippen LogP contribution >= 0.6 is 23.2 Å². The van der Waals surface area contributed by atoms with Crippen LogP contribution in [0.3, 0.4) is 0 Å². The molecule has 1 aromatic carbocycles. The van der Waals surface area contributed by atoms with Crippen LogP contribution in [0, 0.1) is 20.2 Å². The first-order valence-electron chi connectivity index (χ1n) is 5.85. The fourth-order valence-corrected chi connectivity index (χ4v) is 2.08. The normalized spacial score (nSPS) is 10.2. The highest BCUT2D eigenvalue weighted by atomic mass is 35.5. The molecule has 0 aliphatic rings. The molecule has 9 nitrogen and oxygen atoms in total. The smallest absolute Gasteiger partial charge is 0.295 e. The van der Waals surface area contributed by atoms with Crippen molar-refractivity contribution in [1.29, 1.82) is 0 Å². The number of amides is 1. The number of nitrogens with one attached hydrogen (secondary N) is 1. The topological polar surface area (TPSA) is 128 Å². The summed E-state index contributed by atoms with van der Waals surface area (Å²) in [6, 6.07) is 4.64. The molecule has 1 amide bonds. The lowest BCUT2D eigenvalue weighted by Crippen LogP contribution is -2.13. The molecule has 1 N–H and O–H groups in total. The molecule has 0 fully saturated rings. The summed E-state index contributed by atoms with van der Waals surface area (Å²) in [5, 5.41) is 23.5. The van der Waals surface area contributed by atoms with E-state index in [9.17, 15) is 25.0 Å². The van der Waals surface area contributed by atoms with Gasteiger partial charge in [0.05, 0.1) is 21.1 Å². The maximum atomic E-state index is 12.1. The Morgan fingerprint density at radius 3 is 2.17 bits per heavy atom. The van der Waals surface area contributed by atoms with E-state index in [4.69, 9.17) is 23.2 Å². The van der Waals surface area contributed by atoms with Crippen molar-refractivity contribution >= 4 is 46.2 Å². The number of anilines is 1. The molecule has 1 heterocycles. The van der Waals surface area contributed by atoms with Crippen LogP contribution in [0.4, 0.5) is 17.1 Å². The predicted molar refractivity (Wildman–Crippen MR) is 82.0 cm³/mol. The van der Waals surface area contributed by atoms with Crippen molar-refractivity contribution in [1.82, 2.24) is 4.98 Å². The quantitative estimate of drug-likeness (QED) is 0.507. The Balaban J connectivity index is 2.46. The van der Waals surface area contributed by atoms with E-state index in [0.29, 0.717) is 0 Å². The average Bonchev–Trinajstić information content (AvgIpc) is 2.49. The number of carbonyl (C=O) groups is 1. The molecular weight excluding hydrogens is 351 g/mol. The minimum Gasteiger partial charge on any atom is -0.319 e. The maximum absolute atomic E-state index is 12.1. The first-order valence-corrected chi connectivity index (χ1v) is 6.61. The third-order valence-corrected chi connectivity index (χ3v) is 3.39. The van der Waals surface area contributed by atoms with Crippen molar-refractivity contribution < 1.29 is 14.6 Å². The Kier molecular flexibility index (Phi) is 4.72. The maximum Gasteiger partial charge on any atom is 0.295 e. The predicted octanol–water partition coefficient (Wildman–Crippen LogP) is 3.46. The van der Waals surface area contributed by atoms with Gasteiger partial charge in [-0.15, -0.1) is 0 Å². The van der Waals surface area contributed by atoms with Crippen molar-refractivity contribution in [2.24, 2.45) is 0 Å². The molecule has 2 rings (SSSR count). The summed E-state index contributed by atoms with van der Waals surface area (Å²) >= 11 is 11.4. The number of carbonyl (C=O) groups excluding carboxylic acids is 1. The van der Waals surface area contributed by atoms with Crippen LogP contribution < -0.4 is 5.32 Å². The number of pyridine rings is 1. The summed E-state index contributed by atoms with van der Waals surface area (Å²) < 4.78 is 0. The molecule has 23 heavy (non-hydrogen) atoms. The molecule has 0 saturated carbocycles. The van der Waals surface area contributed by atoms with Crippen molar-refractivity contribution in [2.45, 2.75) is 0 Å². The molecule has 0 radical (unpaired) electrons. The molecule has 0 unspecified atom stereocenters. The Morgan fingerprint density at radius 1 is 1.13 bits per heavy atom. The summed E-state index contributed by atoms with van der Waals surface area (Å²) in [4.78, 5) is 35.9. The van der Waals surface area contributed by atoms with Gasteiger partial charge in [-0.1, -0.05) is 23.2 Å². The van der Waals surface area contributed by atoms with E-state index in [0.717, 1.165) is 12.1 Å². The zero-order chi connectivity index (χ0) is 17.1. The van der Waals surface area contributed by atoms with Crippen LogP contribution in [-0.4, -0.2) is 20.7 Å². The number of halogens is 2. The minimum atomic E-state index is -0.914. The zero-order valence-corrected chi connectivity index (χ0v) is 12.5. The van der Waals surface area contributed by atoms with Gasteiger partial charge in [-0.05, 0) is 12.1 Å². The van der Waals surface area contributed by atoms with Crippen molar-refractivity contribution in [2.75, 3.05) is 5.32 Å². The van der Waals surface area contributed by atoms with Gasteiger partial charge >= 0.3 is 0 Å². The molecular formula is C12H6Cl2N4O5. The van der Waals surface area contributed by atoms with Crippen molar-refractivity contribution in [3.63, 3.8) is 0 Å². The van der Waals surface area contributed by atoms with Crippen LogP contribution in [0.1, 0.15) is 10.4 Å². The van der Waals surface area contributed by atoms with E-state index in [2.05, 4.69) is 10.3 Å². The van der Waals surface area contributed by atoms with Crippen LogP contribution in [0.15, 0.2) is 30.5 Å². The van der Waals surface area contributed by atoms with Crippen molar-refractivity contribution in [3.05, 3.63) is 66.4 Å². The third-order valence-electron chi connectivity index (χ3n) is 2.70. The lowest BCUT2D eigenvalue weighted by Gasteiger charge is -2.07. The van der Waals surface area contributed by atoms with Gasteiger partial charge in [-0.3, -0.25) is 25.0 Å². The molecule has 2 aromatic rings. The Bertz CT molecular complexity index is 792.